The highest BCUT2D eigenvalue weighted by Gasteiger charge is 2.15. The molecular formula is C19H18N2O3S. The van der Waals surface area contributed by atoms with E-state index in [1.165, 1.54) is 0 Å². The molecule has 1 aromatic carbocycles. The van der Waals surface area contributed by atoms with Crippen LogP contribution in [0.1, 0.15) is 16.9 Å². The van der Waals surface area contributed by atoms with Gasteiger partial charge in [-0.25, -0.2) is 0 Å². The van der Waals surface area contributed by atoms with Crippen molar-refractivity contribution in [3.63, 3.8) is 0 Å². The van der Waals surface area contributed by atoms with Crippen LogP contribution in [0.5, 0.6) is 0 Å². The second kappa shape index (κ2) is 7.36. The molecule has 3 aromatic rings. The van der Waals surface area contributed by atoms with E-state index in [4.69, 9.17) is 4.42 Å². The maximum absolute atomic E-state index is 12.0. The van der Waals surface area contributed by atoms with Crippen molar-refractivity contribution in [3.8, 4) is 10.6 Å². The minimum atomic E-state index is -0.702. The second-order valence-electron chi connectivity index (χ2n) is 5.68. The Balaban J connectivity index is 1.55. The molecule has 0 radical (unpaired) electrons. The highest BCUT2D eigenvalue weighted by molar-refractivity contribution is 7.13. The summed E-state index contributed by atoms with van der Waals surface area (Å²) in [7, 11) is 0. The molecule has 0 spiro atoms. The van der Waals surface area contributed by atoms with Crippen LogP contribution in [0, 0.1) is 13.8 Å². The Bertz CT molecular complexity index is 897. The molecule has 6 heteroatoms. The molecular weight excluding hydrogens is 336 g/mol. The van der Waals surface area contributed by atoms with Crippen LogP contribution in [0.3, 0.4) is 0 Å². The Morgan fingerprint density at radius 2 is 1.88 bits per heavy atom. The third-order valence-electron chi connectivity index (χ3n) is 3.82. The van der Waals surface area contributed by atoms with E-state index in [1.807, 2.05) is 49.6 Å². The zero-order chi connectivity index (χ0) is 17.8. The molecule has 0 unspecified atom stereocenters. The number of benzene rings is 1. The highest BCUT2D eigenvalue weighted by Crippen LogP contribution is 2.26. The normalized spacial score (nSPS) is 10.5. The van der Waals surface area contributed by atoms with Gasteiger partial charge in [-0.3, -0.25) is 9.59 Å². The summed E-state index contributed by atoms with van der Waals surface area (Å²) < 4.78 is 5.67. The average Bonchev–Trinajstić information content (AvgIpc) is 3.26. The zero-order valence-corrected chi connectivity index (χ0v) is 14.8. The fourth-order valence-corrected chi connectivity index (χ4v) is 2.97. The molecule has 0 bridgehead atoms. The lowest BCUT2D eigenvalue weighted by molar-refractivity contribution is -0.136. The van der Waals surface area contributed by atoms with Gasteiger partial charge in [-0.1, -0.05) is 12.1 Å². The van der Waals surface area contributed by atoms with E-state index < -0.39 is 11.8 Å². The van der Waals surface area contributed by atoms with Crippen LogP contribution >= 0.6 is 11.3 Å². The van der Waals surface area contributed by atoms with Crippen molar-refractivity contribution >= 4 is 28.8 Å². The fraction of sp³-hybridized carbons (Fsp3) is 0.158. The molecule has 0 atom stereocenters. The first kappa shape index (κ1) is 17.0. The van der Waals surface area contributed by atoms with Gasteiger partial charge in [-0.15, -0.1) is 11.3 Å². The minimum absolute atomic E-state index is 0.157. The van der Waals surface area contributed by atoms with Gasteiger partial charge in [0.1, 0.15) is 11.5 Å². The lowest BCUT2D eigenvalue weighted by Crippen LogP contribution is -2.34. The number of thiophene rings is 1. The molecule has 5 nitrogen and oxygen atoms in total. The molecule has 0 saturated carbocycles. The van der Waals surface area contributed by atoms with Gasteiger partial charge in [0.15, 0.2) is 0 Å². The topological polar surface area (TPSA) is 71.3 Å². The molecule has 0 aliphatic carbocycles. The first-order valence-corrected chi connectivity index (χ1v) is 8.70. The molecule has 0 fully saturated rings. The third kappa shape index (κ3) is 4.16. The maximum atomic E-state index is 12.0. The van der Waals surface area contributed by atoms with Crippen molar-refractivity contribution in [1.82, 2.24) is 5.32 Å². The standard InChI is InChI=1S/C19H18N2O3S/c1-12-5-6-14(10-13(12)2)21-19(23)18(22)20-11-15-7-8-16(24-15)17-4-3-9-25-17/h3-10H,11H2,1-2H3,(H,20,22)(H,21,23). The van der Waals surface area contributed by atoms with Crippen LogP contribution in [0.15, 0.2) is 52.3 Å². The number of amides is 2. The van der Waals surface area contributed by atoms with Gasteiger partial charge in [0.05, 0.1) is 11.4 Å². The molecule has 2 N–H and O–H groups in total. The molecule has 0 saturated heterocycles. The Hall–Kier alpha value is -2.86. The number of nitrogens with one attached hydrogen (secondary N) is 2. The summed E-state index contributed by atoms with van der Waals surface area (Å²) >= 11 is 1.58. The van der Waals surface area contributed by atoms with Crippen molar-refractivity contribution in [2.24, 2.45) is 0 Å². The van der Waals surface area contributed by atoms with Crippen LogP contribution in [-0.4, -0.2) is 11.8 Å². The average molecular weight is 354 g/mol. The van der Waals surface area contributed by atoms with E-state index in [9.17, 15) is 9.59 Å². The van der Waals surface area contributed by atoms with Gasteiger partial charge >= 0.3 is 11.8 Å². The van der Waals surface area contributed by atoms with E-state index in [1.54, 1.807) is 23.5 Å². The smallest absolute Gasteiger partial charge is 0.313 e. The number of furan rings is 1. The van der Waals surface area contributed by atoms with Crippen LogP contribution < -0.4 is 10.6 Å². The summed E-state index contributed by atoms with van der Waals surface area (Å²) in [6.45, 7) is 4.10. The Labute approximate surface area is 149 Å². The number of anilines is 1. The molecule has 128 valence electrons. The molecule has 25 heavy (non-hydrogen) atoms. The largest absolute Gasteiger partial charge is 0.458 e. The summed E-state index contributed by atoms with van der Waals surface area (Å²) in [4.78, 5) is 24.9. The summed E-state index contributed by atoms with van der Waals surface area (Å²) in [6, 6.07) is 13.1. The van der Waals surface area contributed by atoms with Crippen molar-refractivity contribution < 1.29 is 14.0 Å². The summed E-state index contributed by atoms with van der Waals surface area (Å²) in [5.74, 6) is -0.0600. The molecule has 2 aromatic heterocycles. The molecule has 0 aliphatic heterocycles. The van der Waals surface area contributed by atoms with Crippen molar-refractivity contribution in [3.05, 3.63) is 64.7 Å². The highest BCUT2D eigenvalue weighted by atomic mass is 32.1. The third-order valence-corrected chi connectivity index (χ3v) is 4.70. The van der Waals surface area contributed by atoms with Gasteiger partial charge in [0.2, 0.25) is 0 Å². The Kier molecular flexibility index (Phi) is 5.00. The summed E-state index contributed by atoms with van der Waals surface area (Å²) in [6.07, 6.45) is 0. The van der Waals surface area contributed by atoms with Gasteiger partial charge in [-0.05, 0) is 60.7 Å². The van der Waals surface area contributed by atoms with Crippen LogP contribution in [0.2, 0.25) is 0 Å². The maximum Gasteiger partial charge on any atom is 0.313 e. The van der Waals surface area contributed by atoms with E-state index in [2.05, 4.69) is 10.6 Å². The van der Waals surface area contributed by atoms with Crippen LogP contribution in [0.25, 0.3) is 10.6 Å². The SMILES string of the molecule is Cc1ccc(NC(=O)C(=O)NCc2ccc(-c3cccs3)o2)cc1C. The Morgan fingerprint density at radius 1 is 1.04 bits per heavy atom. The van der Waals surface area contributed by atoms with E-state index in [0.29, 0.717) is 11.4 Å². The van der Waals surface area contributed by atoms with Crippen LogP contribution in [-0.2, 0) is 16.1 Å². The quantitative estimate of drug-likeness (QED) is 0.699. The Morgan fingerprint density at radius 3 is 2.60 bits per heavy atom. The monoisotopic (exact) mass is 354 g/mol. The van der Waals surface area contributed by atoms with Gasteiger partial charge in [0, 0.05) is 5.69 Å². The van der Waals surface area contributed by atoms with E-state index >= 15 is 0 Å². The van der Waals surface area contributed by atoms with Crippen LogP contribution in [0.4, 0.5) is 5.69 Å². The predicted molar refractivity (Wildman–Crippen MR) is 98.4 cm³/mol. The summed E-state index contributed by atoms with van der Waals surface area (Å²) in [5.41, 5.74) is 2.78. The minimum Gasteiger partial charge on any atom is -0.458 e. The van der Waals surface area contributed by atoms with Crippen molar-refractivity contribution in [2.75, 3.05) is 5.32 Å². The number of carbonyl (C=O) groups excluding carboxylic acids is 2. The molecule has 0 aliphatic rings. The van der Waals surface area contributed by atoms with E-state index in [-0.39, 0.29) is 6.54 Å². The number of carbonyl (C=O) groups is 2. The van der Waals surface area contributed by atoms with Crippen molar-refractivity contribution in [2.45, 2.75) is 20.4 Å². The molecule has 2 amide bonds. The summed E-state index contributed by atoms with van der Waals surface area (Å²) in [5, 5.41) is 7.12. The predicted octanol–water partition coefficient (Wildman–Crippen LogP) is 3.88. The second-order valence-corrected chi connectivity index (χ2v) is 6.63. The fourth-order valence-electron chi connectivity index (χ4n) is 2.28. The molecule has 2 heterocycles. The number of rotatable bonds is 4. The van der Waals surface area contributed by atoms with E-state index in [0.717, 1.165) is 21.8 Å². The van der Waals surface area contributed by atoms with Crippen molar-refractivity contribution in [1.29, 1.82) is 0 Å². The van der Waals surface area contributed by atoms with Gasteiger partial charge in [0.25, 0.3) is 0 Å². The number of aryl methyl sites for hydroxylation is 2. The molecule has 3 rings (SSSR count). The zero-order valence-electron chi connectivity index (χ0n) is 14.0. The first-order valence-electron chi connectivity index (χ1n) is 7.82. The lowest BCUT2D eigenvalue weighted by Gasteiger charge is -2.07. The first-order chi connectivity index (χ1) is 12.0. The number of hydrogen-bond donors (Lipinski definition) is 2. The van der Waals surface area contributed by atoms with Gasteiger partial charge in [-0.2, -0.15) is 0 Å². The lowest BCUT2D eigenvalue weighted by atomic mass is 10.1. The van der Waals surface area contributed by atoms with Gasteiger partial charge < -0.3 is 15.1 Å². The number of hydrogen-bond acceptors (Lipinski definition) is 4.